The molecule has 0 saturated carbocycles. The van der Waals surface area contributed by atoms with Crippen molar-refractivity contribution in [1.82, 2.24) is 4.98 Å². The van der Waals surface area contributed by atoms with Crippen LogP contribution < -0.4 is 2.89 Å². The molecule has 1 rings (SSSR count). The molecule has 0 aliphatic heterocycles. The van der Waals surface area contributed by atoms with Crippen LogP contribution in [0.5, 0.6) is 0 Å². The number of nitrogens with zero attached hydrogens (tertiary/aromatic N) is 1. The molecule has 0 radical (unpaired) electrons. The van der Waals surface area contributed by atoms with Gasteiger partial charge in [-0.1, -0.05) is 0 Å². The predicted octanol–water partition coefficient (Wildman–Crippen LogP) is 6.15. The Morgan fingerprint density at radius 3 is 1.92 bits per heavy atom. The van der Waals surface area contributed by atoms with Crippen molar-refractivity contribution >= 4 is 38.6 Å². The van der Waals surface area contributed by atoms with Gasteiger partial charge in [0.25, 0.3) is 0 Å². The molecule has 1 aromatic rings. The molecule has 3 nitrogen and oxygen atoms in total. The molecule has 0 bridgehead atoms. The fourth-order valence-electron chi connectivity index (χ4n) is 3.23. The number of carbonyl (C=O) groups is 1. The Bertz CT molecular complexity index is 500. The third-order valence-corrected chi connectivity index (χ3v) is 23.8. The van der Waals surface area contributed by atoms with Crippen LogP contribution in [0.25, 0.3) is 0 Å². The standard InChI is InChI=1S/C8H10NO2S.3C4H9.Sn/c1-8(2,3)11-7(10)6-9-4-5-12-6;3*1-3-4-2;/h4H,1-3H3;3*1,3-4H2,2H3;. The van der Waals surface area contributed by atoms with E-state index in [9.17, 15) is 4.79 Å². The Morgan fingerprint density at radius 2 is 1.52 bits per heavy atom. The second-order valence-corrected chi connectivity index (χ2v) is 23.3. The Morgan fingerprint density at radius 1 is 1.04 bits per heavy atom. The maximum absolute atomic E-state index is 12.4. The van der Waals surface area contributed by atoms with Gasteiger partial charge in [0.2, 0.25) is 0 Å². The zero-order valence-corrected chi connectivity index (χ0v) is 20.8. The minimum atomic E-state index is -2.47. The molecule has 144 valence electrons. The Balaban J connectivity index is 3.09. The molecule has 25 heavy (non-hydrogen) atoms. The predicted molar refractivity (Wildman–Crippen MR) is 112 cm³/mol. The molecule has 0 atom stereocenters. The van der Waals surface area contributed by atoms with Gasteiger partial charge in [-0.05, 0) is 0 Å². The van der Waals surface area contributed by atoms with Gasteiger partial charge < -0.3 is 0 Å². The third-order valence-electron chi connectivity index (χ3n) is 4.63. The Kier molecular flexibility index (Phi) is 10.0. The normalized spacial score (nSPS) is 12.4. The Hall–Kier alpha value is -0.101. The summed E-state index contributed by atoms with van der Waals surface area (Å²) < 4.78 is 11.2. The minimum absolute atomic E-state index is 0.259. The number of carbonyl (C=O) groups excluding carboxylic acids is 1. The van der Waals surface area contributed by atoms with Crippen LogP contribution in [0.1, 0.15) is 89.9 Å². The summed E-state index contributed by atoms with van der Waals surface area (Å²) in [5, 5.41) is 0.551. The van der Waals surface area contributed by atoms with Gasteiger partial charge in [-0.2, -0.15) is 0 Å². The van der Waals surface area contributed by atoms with Gasteiger partial charge >= 0.3 is 163 Å². The van der Waals surface area contributed by atoms with E-state index in [-0.39, 0.29) is 5.97 Å². The molecule has 0 N–H and O–H groups in total. The number of ether oxygens (including phenoxy) is 1. The average molecular weight is 474 g/mol. The first-order valence-corrected chi connectivity index (χ1v) is 18.3. The van der Waals surface area contributed by atoms with Crippen molar-refractivity contribution in [3.8, 4) is 0 Å². The maximum atomic E-state index is 12.4. The van der Waals surface area contributed by atoms with Crippen molar-refractivity contribution in [3.63, 3.8) is 0 Å². The van der Waals surface area contributed by atoms with Gasteiger partial charge in [0.1, 0.15) is 0 Å². The quantitative estimate of drug-likeness (QED) is 0.285. The third kappa shape index (κ3) is 7.57. The van der Waals surface area contributed by atoms with Crippen molar-refractivity contribution in [2.45, 2.75) is 99.0 Å². The Labute approximate surface area is 162 Å². The van der Waals surface area contributed by atoms with Crippen molar-refractivity contribution in [3.05, 3.63) is 11.2 Å². The van der Waals surface area contributed by atoms with Gasteiger partial charge in [0.05, 0.1) is 0 Å². The van der Waals surface area contributed by atoms with Crippen LogP contribution in [0.15, 0.2) is 6.20 Å². The van der Waals surface area contributed by atoms with E-state index < -0.39 is 24.0 Å². The number of hydrogen-bond donors (Lipinski definition) is 0. The first-order chi connectivity index (χ1) is 11.8. The van der Waals surface area contributed by atoms with E-state index in [1.165, 1.54) is 54.7 Å². The summed E-state index contributed by atoms with van der Waals surface area (Å²) >= 11 is -0.819. The zero-order valence-electron chi connectivity index (χ0n) is 17.1. The SMILES string of the molecule is CCC[CH2][Sn]([CH2]CCC)([CH2]CCC)[c]1cnc(C(=O)OC(C)(C)C)s1. The molecule has 0 fully saturated rings. The van der Waals surface area contributed by atoms with Crippen molar-refractivity contribution in [2.24, 2.45) is 0 Å². The molecule has 0 saturated heterocycles. The summed E-state index contributed by atoms with van der Waals surface area (Å²) in [6.07, 6.45) is 9.79. The summed E-state index contributed by atoms with van der Waals surface area (Å²) in [6, 6.07) is 0. The zero-order chi connectivity index (χ0) is 18.9. The summed E-state index contributed by atoms with van der Waals surface area (Å²) in [5.41, 5.74) is -0.462. The molecule has 0 spiro atoms. The molecule has 0 amide bonds. The molecular weight excluding hydrogens is 437 g/mol. The summed E-state index contributed by atoms with van der Waals surface area (Å²) in [7, 11) is 0. The number of aromatic nitrogens is 1. The number of hydrogen-bond acceptors (Lipinski definition) is 4. The first kappa shape index (κ1) is 22.9. The number of esters is 1. The van der Waals surface area contributed by atoms with Crippen LogP contribution in [0.2, 0.25) is 13.3 Å². The van der Waals surface area contributed by atoms with Crippen LogP contribution in [0, 0.1) is 0 Å². The molecule has 1 heterocycles. The van der Waals surface area contributed by atoms with Crippen molar-refractivity contribution < 1.29 is 9.53 Å². The summed E-state index contributed by atoms with van der Waals surface area (Å²) in [4.78, 5) is 16.9. The summed E-state index contributed by atoms with van der Waals surface area (Å²) in [5.74, 6) is -0.259. The molecule has 5 heteroatoms. The van der Waals surface area contributed by atoms with Crippen LogP contribution >= 0.6 is 11.3 Å². The molecule has 0 aromatic carbocycles. The van der Waals surface area contributed by atoms with E-state index in [1.54, 1.807) is 11.3 Å². The van der Waals surface area contributed by atoms with E-state index in [1.807, 2.05) is 27.0 Å². The molecular formula is C20H37NO2SSn. The van der Waals surface area contributed by atoms with E-state index in [0.29, 0.717) is 5.01 Å². The molecule has 0 aliphatic rings. The monoisotopic (exact) mass is 475 g/mol. The second kappa shape index (κ2) is 10.9. The topological polar surface area (TPSA) is 39.2 Å². The second-order valence-electron chi connectivity index (χ2n) is 8.12. The molecule has 0 unspecified atom stereocenters. The van der Waals surface area contributed by atoms with Crippen molar-refractivity contribution in [2.75, 3.05) is 0 Å². The van der Waals surface area contributed by atoms with Gasteiger partial charge in [0.15, 0.2) is 0 Å². The van der Waals surface area contributed by atoms with E-state index in [2.05, 4.69) is 25.8 Å². The van der Waals surface area contributed by atoms with Gasteiger partial charge in [0, 0.05) is 0 Å². The van der Waals surface area contributed by atoms with Crippen LogP contribution in [-0.4, -0.2) is 34.9 Å². The van der Waals surface area contributed by atoms with Crippen LogP contribution in [0.4, 0.5) is 0 Å². The van der Waals surface area contributed by atoms with Gasteiger partial charge in [-0.15, -0.1) is 0 Å². The summed E-state index contributed by atoms with van der Waals surface area (Å²) in [6.45, 7) is 12.6. The average Bonchev–Trinajstić information content (AvgIpc) is 3.04. The number of unbranched alkanes of at least 4 members (excludes halogenated alkanes) is 3. The number of rotatable bonds is 11. The van der Waals surface area contributed by atoms with Crippen LogP contribution in [-0.2, 0) is 4.74 Å². The van der Waals surface area contributed by atoms with Gasteiger partial charge in [-0.3, -0.25) is 0 Å². The fourth-order valence-corrected chi connectivity index (χ4v) is 22.8. The van der Waals surface area contributed by atoms with Crippen molar-refractivity contribution in [1.29, 1.82) is 0 Å². The van der Waals surface area contributed by atoms with Crippen LogP contribution in [0.3, 0.4) is 0 Å². The first-order valence-electron chi connectivity index (χ1n) is 9.97. The molecule has 1 aromatic heterocycles. The van der Waals surface area contributed by atoms with E-state index in [4.69, 9.17) is 4.74 Å². The van der Waals surface area contributed by atoms with E-state index in [0.717, 1.165) is 0 Å². The fraction of sp³-hybridized carbons (Fsp3) is 0.800. The number of thiazole rings is 1. The molecule has 0 aliphatic carbocycles. The van der Waals surface area contributed by atoms with E-state index >= 15 is 0 Å². The van der Waals surface area contributed by atoms with Gasteiger partial charge in [-0.25, -0.2) is 0 Å².